The van der Waals surface area contributed by atoms with Gasteiger partial charge in [0, 0.05) is 11.3 Å². The Hall–Kier alpha value is -0.340. The molecule has 2 nitrogen and oxygen atoms in total. The highest BCUT2D eigenvalue weighted by Gasteiger charge is 2.52. The van der Waals surface area contributed by atoms with Crippen molar-refractivity contribution < 1.29 is 9.84 Å². The number of ether oxygens (including phenoxy) is 1. The third kappa shape index (κ3) is 1.86. The van der Waals surface area contributed by atoms with Crippen molar-refractivity contribution in [1.82, 2.24) is 0 Å². The first-order chi connectivity index (χ1) is 8.06. The highest BCUT2D eigenvalue weighted by molar-refractivity contribution is 5.20. The van der Waals surface area contributed by atoms with Crippen molar-refractivity contribution in [3.05, 3.63) is 11.6 Å². The minimum absolute atomic E-state index is 0.0472. The van der Waals surface area contributed by atoms with E-state index in [9.17, 15) is 5.11 Å². The van der Waals surface area contributed by atoms with Crippen LogP contribution in [-0.2, 0) is 4.74 Å². The van der Waals surface area contributed by atoms with Crippen LogP contribution in [0.4, 0.5) is 0 Å². The largest absolute Gasteiger partial charge is 0.396 e. The smallest absolute Gasteiger partial charge is 0.0643 e. The third-order valence-electron chi connectivity index (χ3n) is 5.23. The minimum atomic E-state index is -0.0472. The predicted octanol–water partition coefficient (Wildman–Crippen LogP) is 3.01. The van der Waals surface area contributed by atoms with Crippen LogP contribution in [0.3, 0.4) is 0 Å². The van der Waals surface area contributed by atoms with E-state index in [1.165, 1.54) is 12.0 Å². The number of aliphatic hydroxyl groups excluding tert-OH is 1. The van der Waals surface area contributed by atoms with Gasteiger partial charge in [-0.3, -0.25) is 0 Å². The lowest BCUT2D eigenvalue weighted by atomic mass is 9.56. The number of hydrogen-bond donors (Lipinski definition) is 1. The van der Waals surface area contributed by atoms with E-state index in [0.717, 1.165) is 13.0 Å². The van der Waals surface area contributed by atoms with E-state index in [2.05, 4.69) is 33.8 Å². The number of hydrogen-bond acceptors (Lipinski definition) is 2. The highest BCUT2D eigenvalue weighted by atomic mass is 16.5. The van der Waals surface area contributed by atoms with Crippen molar-refractivity contribution >= 4 is 0 Å². The van der Waals surface area contributed by atoms with Gasteiger partial charge in [-0.25, -0.2) is 0 Å². The molecule has 0 spiro atoms. The van der Waals surface area contributed by atoms with Crippen LogP contribution in [0.5, 0.6) is 0 Å². The summed E-state index contributed by atoms with van der Waals surface area (Å²) >= 11 is 0. The van der Waals surface area contributed by atoms with Crippen LogP contribution in [0.1, 0.15) is 40.5 Å². The summed E-state index contributed by atoms with van der Waals surface area (Å²) in [5.74, 6) is 1.45. The summed E-state index contributed by atoms with van der Waals surface area (Å²) in [5.41, 5.74) is 1.42. The number of aliphatic hydroxyl groups is 1. The molecule has 0 aromatic carbocycles. The Morgan fingerprint density at radius 3 is 2.76 bits per heavy atom. The summed E-state index contributed by atoms with van der Waals surface area (Å²) in [4.78, 5) is 0. The lowest BCUT2D eigenvalue weighted by molar-refractivity contribution is -0.164. The quantitative estimate of drug-likeness (QED) is 0.766. The molecule has 1 aliphatic carbocycles. The van der Waals surface area contributed by atoms with E-state index < -0.39 is 0 Å². The van der Waals surface area contributed by atoms with E-state index in [4.69, 9.17) is 4.74 Å². The van der Waals surface area contributed by atoms with E-state index in [1.807, 2.05) is 0 Å². The zero-order chi connectivity index (χ0) is 12.6. The van der Waals surface area contributed by atoms with Gasteiger partial charge in [-0.15, -0.1) is 0 Å². The Labute approximate surface area is 105 Å². The van der Waals surface area contributed by atoms with Gasteiger partial charge in [0.1, 0.15) is 0 Å². The Morgan fingerprint density at radius 1 is 1.47 bits per heavy atom. The Bertz CT molecular complexity index is 310. The van der Waals surface area contributed by atoms with Crippen molar-refractivity contribution in [2.45, 2.75) is 46.6 Å². The van der Waals surface area contributed by atoms with Crippen molar-refractivity contribution in [3.8, 4) is 0 Å². The average Bonchev–Trinajstić information content (AvgIpc) is 2.28. The fourth-order valence-electron chi connectivity index (χ4n) is 3.96. The standard InChI is InChI=1S/C15H26O2/c1-5-6-13-14-10(2)7-11(3)15(8-16,9-17-13)12(14)4/h7,11-14,16H,5-6,8-9H2,1-4H3/t11-,12+,13-,14-,15-/m0/s1. The number of rotatable bonds is 3. The van der Waals surface area contributed by atoms with Crippen molar-refractivity contribution in [1.29, 1.82) is 0 Å². The molecule has 2 rings (SSSR count). The summed E-state index contributed by atoms with van der Waals surface area (Å²) in [7, 11) is 0. The lowest BCUT2D eigenvalue weighted by Gasteiger charge is -2.55. The summed E-state index contributed by atoms with van der Waals surface area (Å²) in [6, 6.07) is 0. The van der Waals surface area contributed by atoms with E-state index >= 15 is 0 Å². The molecule has 0 unspecified atom stereocenters. The van der Waals surface area contributed by atoms with Crippen LogP contribution in [0, 0.1) is 23.2 Å². The van der Waals surface area contributed by atoms with E-state index in [-0.39, 0.29) is 12.0 Å². The second-order valence-electron chi connectivity index (χ2n) is 6.04. The van der Waals surface area contributed by atoms with Gasteiger partial charge in [-0.2, -0.15) is 0 Å². The predicted molar refractivity (Wildman–Crippen MR) is 69.7 cm³/mol. The Kier molecular flexibility index (Phi) is 3.65. The fourth-order valence-corrected chi connectivity index (χ4v) is 3.96. The maximum Gasteiger partial charge on any atom is 0.0643 e. The zero-order valence-corrected chi connectivity index (χ0v) is 11.6. The van der Waals surface area contributed by atoms with Crippen LogP contribution in [0.2, 0.25) is 0 Å². The molecule has 98 valence electrons. The Morgan fingerprint density at radius 2 is 2.18 bits per heavy atom. The molecule has 0 amide bonds. The molecular weight excluding hydrogens is 212 g/mol. The normalized spacial score (nSPS) is 45.6. The summed E-state index contributed by atoms with van der Waals surface area (Å²) in [6.45, 7) is 9.93. The van der Waals surface area contributed by atoms with Gasteiger partial charge >= 0.3 is 0 Å². The molecule has 1 N–H and O–H groups in total. The monoisotopic (exact) mass is 238 g/mol. The molecule has 2 heteroatoms. The molecule has 2 aliphatic rings. The van der Waals surface area contributed by atoms with Gasteiger partial charge in [-0.05, 0) is 25.2 Å². The maximum atomic E-state index is 9.83. The second-order valence-corrected chi connectivity index (χ2v) is 6.04. The van der Waals surface area contributed by atoms with E-state index in [1.54, 1.807) is 0 Å². The first-order valence-electron chi connectivity index (χ1n) is 6.97. The number of fused-ring (bicyclic) bond motifs is 2. The summed E-state index contributed by atoms with van der Waals surface area (Å²) < 4.78 is 6.09. The molecule has 0 saturated carbocycles. The maximum absolute atomic E-state index is 9.83. The molecule has 1 aliphatic heterocycles. The SMILES string of the molecule is CCC[C@@H]1OC[C@]2(CO)[C@H](C)[C@@H]1C(C)=C[C@@H]2C. The first kappa shape index (κ1) is 13.1. The summed E-state index contributed by atoms with van der Waals surface area (Å²) in [5, 5.41) is 9.83. The minimum Gasteiger partial charge on any atom is -0.396 e. The molecule has 1 fully saturated rings. The van der Waals surface area contributed by atoms with Crippen LogP contribution in [0.25, 0.3) is 0 Å². The molecule has 0 aromatic heterocycles. The molecule has 17 heavy (non-hydrogen) atoms. The van der Waals surface area contributed by atoms with Gasteiger partial charge in [0.15, 0.2) is 0 Å². The van der Waals surface area contributed by atoms with Crippen LogP contribution < -0.4 is 0 Å². The third-order valence-corrected chi connectivity index (χ3v) is 5.23. The lowest BCUT2D eigenvalue weighted by Crippen LogP contribution is -2.56. The number of allylic oxidation sites excluding steroid dienone is 1. The fraction of sp³-hybridized carbons (Fsp3) is 0.867. The topological polar surface area (TPSA) is 29.5 Å². The van der Waals surface area contributed by atoms with Gasteiger partial charge < -0.3 is 9.84 Å². The van der Waals surface area contributed by atoms with Crippen LogP contribution >= 0.6 is 0 Å². The van der Waals surface area contributed by atoms with Gasteiger partial charge in [0.25, 0.3) is 0 Å². The zero-order valence-electron chi connectivity index (χ0n) is 11.6. The molecule has 0 radical (unpaired) electrons. The molecule has 5 atom stereocenters. The van der Waals surface area contributed by atoms with Crippen LogP contribution in [0.15, 0.2) is 11.6 Å². The van der Waals surface area contributed by atoms with E-state index in [0.29, 0.717) is 23.9 Å². The molecule has 2 bridgehead atoms. The second kappa shape index (κ2) is 4.74. The Balaban J connectivity index is 2.34. The van der Waals surface area contributed by atoms with Gasteiger partial charge in [0.05, 0.1) is 19.3 Å². The summed E-state index contributed by atoms with van der Waals surface area (Å²) in [6.07, 6.45) is 5.03. The molecular formula is C15H26O2. The molecule has 1 heterocycles. The molecule has 0 aromatic rings. The molecule has 1 saturated heterocycles. The average molecular weight is 238 g/mol. The van der Waals surface area contributed by atoms with Crippen molar-refractivity contribution in [3.63, 3.8) is 0 Å². The van der Waals surface area contributed by atoms with Gasteiger partial charge in [0.2, 0.25) is 0 Å². The first-order valence-corrected chi connectivity index (χ1v) is 6.97. The highest BCUT2D eigenvalue weighted by Crippen LogP contribution is 2.52. The van der Waals surface area contributed by atoms with Crippen molar-refractivity contribution in [2.24, 2.45) is 23.2 Å². The van der Waals surface area contributed by atoms with Crippen LogP contribution in [-0.4, -0.2) is 24.4 Å². The van der Waals surface area contributed by atoms with Crippen molar-refractivity contribution in [2.75, 3.05) is 13.2 Å². The van der Waals surface area contributed by atoms with Gasteiger partial charge in [-0.1, -0.05) is 38.8 Å².